The third-order valence-electron chi connectivity index (χ3n) is 2.69. The summed E-state index contributed by atoms with van der Waals surface area (Å²) in [6.07, 6.45) is 3.35. The van der Waals surface area contributed by atoms with Gasteiger partial charge in [0.25, 0.3) is 0 Å². The van der Waals surface area contributed by atoms with Crippen LogP contribution in [0.25, 0.3) is 0 Å². The van der Waals surface area contributed by atoms with E-state index in [1.165, 1.54) is 6.42 Å². The predicted octanol–water partition coefficient (Wildman–Crippen LogP) is 2.49. The number of rotatable bonds is 2. The lowest BCUT2D eigenvalue weighted by atomic mass is 10.1. The summed E-state index contributed by atoms with van der Waals surface area (Å²) in [6.45, 7) is 0. The largest absolute Gasteiger partial charge is 0.397 e. The minimum absolute atomic E-state index is 0.0857. The molecule has 1 aliphatic heterocycles. The van der Waals surface area contributed by atoms with Gasteiger partial charge >= 0.3 is 0 Å². The van der Waals surface area contributed by atoms with Crippen molar-refractivity contribution >= 4 is 29.0 Å². The molecule has 1 heterocycles. The highest BCUT2D eigenvalue weighted by molar-refractivity contribution is 8.00. The summed E-state index contributed by atoms with van der Waals surface area (Å²) in [5, 5.41) is 2.99. The first kappa shape index (κ1) is 11.3. The molecule has 0 aromatic heterocycles. The number of nitrogens with two attached hydrogens (primary N) is 1. The Hall–Kier alpha value is -1.16. The van der Waals surface area contributed by atoms with Crippen molar-refractivity contribution in [1.82, 2.24) is 0 Å². The number of carbonyl (C=O) groups excluding carboxylic acids is 1. The Morgan fingerprint density at radius 1 is 1.38 bits per heavy atom. The van der Waals surface area contributed by atoms with Crippen LogP contribution in [0.1, 0.15) is 19.3 Å². The summed E-state index contributed by atoms with van der Waals surface area (Å²) >= 11 is 1.74. The zero-order valence-electron chi connectivity index (χ0n) is 9.11. The van der Waals surface area contributed by atoms with Crippen LogP contribution in [0.4, 0.5) is 11.4 Å². The molecule has 1 amide bonds. The van der Waals surface area contributed by atoms with Gasteiger partial charge in [0.15, 0.2) is 0 Å². The Bertz CT molecular complexity index is 375. The van der Waals surface area contributed by atoms with Gasteiger partial charge in [-0.25, -0.2) is 0 Å². The van der Waals surface area contributed by atoms with E-state index in [2.05, 4.69) is 5.32 Å². The van der Waals surface area contributed by atoms with Crippen LogP contribution in [0.3, 0.4) is 0 Å². The Labute approximate surface area is 99.8 Å². The summed E-state index contributed by atoms with van der Waals surface area (Å²) in [5.41, 5.74) is 7.12. The van der Waals surface area contributed by atoms with Gasteiger partial charge in [-0.3, -0.25) is 4.79 Å². The number of anilines is 2. The van der Waals surface area contributed by atoms with Gasteiger partial charge in [0, 0.05) is 0 Å². The number of nitrogens with one attached hydrogen (secondary N) is 1. The lowest BCUT2D eigenvalue weighted by molar-refractivity contribution is -0.115. The van der Waals surface area contributed by atoms with Crippen LogP contribution < -0.4 is 11.1 Å². The molecular formula is C12H16N2OS. The van der Waals surface area contributed by atoms with Crippen molar-refractivity contribution in [3.8, 4) is 0 Å². The van der Waals surface area contributed by atoms with Crippen LogP contribution in [-0.4, -0.2) is 16.9 Å². The van der Waals surface area contributed by atoms with Crippen molar-refractivity contribution in [2.45, 2.75) is 24.5 Å². The Kier molecular flexibility index (Phi) is 3.72. The molecule has 86 valence electrons. The fourth-order valence-electron chi connectivity index (χ4n) is 1.77. The highest BCUT2D eigenvalue weighted by atomic mass is 32.2. The van der Waals surface area contributed by atoms with Crippen LogP contribution in [0.2, 0.25) is 0 Å². The zero-order chi connectivity index (χ0) is 11.4. The smallest absolute Gasteiger partial charge is 0.237 e. The van der Waals surface area contributed by atoms with Gasteiger partial charge in [-0.05, 0) is 30.7 Å². The fourth-order valence-corrected chi connectivity index (χ4v) is 2.97. The van der Waals surface area contributed by atoms with Gasteiger partial charge in [-0.15, -0.1) is 11.8 Å². The number of para-hydroxylation sites is 2. The van der Waals surface area contributed by atoms with Gasteiger partial charge in [-0.1, -0.05) is 18.6 Å². The van der Waals surface area contributed by atoms with Crippen molar-refractivity contribution in [2.24, 2.45) is 0 Å². The predicted molar refractivity (Wildman–Crippen MR) is 69.6 cm³/mol. The van der Waals surface area contributed by atoms with E-state index >= 15 is 0 Å². The van der Waals surface area contributed by atoms with Gasteiger partial charge in [-0.2, -0.15) is 0 Å². The minimum atomic E-state index is 0.0857. The van der Waals surface area contributed by atoms with Gasteiger partial charge < -0.3 is 11.1 Å². The molecule has 1 fully saturated rings. The normalized spacial score (nSPS) is 20.4. The molecule has 16 heavy (non-hydrogen) atoms. The van der Waals surface area contributed by atoms with E-state index in [9.17, 15) is 4.79 Å². The molecule has 0 radical (unpaired) electrons. The number of nitrogen functional groups attached to an aromatic ring is 1. The maximum atomic E-state index is 11.9. The zero-order valence-corrected chi connectivity index (χ0v) is 9.93. The molecule has 4 heteroatoms. The van der Waals surface area contributed by atoms with Crippen LogP contribution in [0.15, 0.2) is 24.3 Å². The molecule has 1 atom stereocenters. The SMILES string of the molecule is Nc1ccccc1NC(=O)C1CCCCS1. The van der Waals surface area contributed by atoms with E-state index in [-0.39, 0.29) is 11.2 Å². The minimum Gasteiger partial charge on any atom is -0.397 e. The highest BCUT2D eigenvalue weighted by Gasteiger charge is 2.21. The van der Waals surface area contributed by atoms with Crippen molar-refractivity contribution in [1.29, 1.82) is 0 Å². The molecule has 1 aromatic rings. The Morgan fingerprint density at radius 2 is 2.19 bits per heavy atom. The van der Waals surface area contributed by atoms with Crippen molar-refractivity contribution in [3.63, 3.8) is 0 Å². The number of benzene rings is 1. The maximum Gasteiger partial charge on any atom is 0.237 e. The number of carbonyl (C=O) groups is 1. The van der Waals surface area contributed by atoms with E-state index < -0.39 is 0 Å². The van der Waals surface area contributed by atoms with E-state index in [1.807, 2.05) is 18.2 Å². The van der Waals surface area contributed by atoms with Gasteiger partial charge in [0.1, 0.15) is 0 Å². The molecule has 3 nitrogen and oxygen atoms in total. The fraction of sp³-hybridized carbons (Fsp3) is 0.417. The second kappa shape index (κ2) is 5.25. The lowest BCUT2D eigenvalue weighted by Crippen LogP contribution is -2.27. The lowest BCUT2D eigenvalue weighted by Gasteiger charge is -2.20. The molecule has 1 unspecified atom stereocenters. The van der Waals surface area contributed by atoms with Crippen LogP contribution >= 0.6 is 11.8 Å². The molecule has 0 bridgehead atoms. The van der Waals surface area contributed by atoms with Crippen molar-refractivity contribution in [2.75, 3.05) is 16.8 Å². The van der Waals surface area contributed by atoms with Crippen LogP contribution in [-0.2, 0) is 4.79 Å². The molecule has 0 aliphatic carbocycles. The number of hydrogen-bond donors (Lipinski definition) is 2. The van der Waals surface area contributed by atoms with E-state index in [0.717, 1.165) is 24.3 Å². The summed E-state index contributed by atoms with van der Waals surface area (Å²) in [6, 6.07) is 7.37. The Morgan fingerprint density at radius 3 is 2.88 bits per heavy atom. The average molecular weight is 236 g/mol. The maximum absolute atomic E-state index is 11.9. The quantitative estimate of drug-likeness (QED) is 0.776. The van der Waals surface area contributed by atoms with Crippen molar-refractivity contribution < 1.29 is 4.79 Å². The molecule has 1 aromatic carbocycles. The first-order valence-corrected chi connectivity index (χ1v) is 6.59. The summed E-state index contributed by atoms with van der Waals surface area (Å²) in [5.74, 6) is 1.17. The third kappa shape index (κ3) is 2.70. The Balaban J connectivity index is 1.99. The van der Waals surface area contributed by atoms with Gasteiger partial charge in [0.05, 0.1) is 16.6 Å². The highest BCUT2D eigenvalue weighted by Crippen LogP contribution is 2.27. The van der Waals surface area contributed by atoms with Crippen molar-refractivity contribution in [3.05, 3.63) is 24.3 Å². The van der Waals surface area contributed by atoms with E-state index in [1.54, 1.807) is 17.8 Å². The topological polar surface area (TPSA) is 55.1 Å². The summed E-state index contributed by atoms with van der Waals surface area (Å²) in [4.78, 5) is 11.9. The first-order chi connectivity index (χ1) is 7.77. The van der Waals surface area contributed by atoms with Gasteiger partial charge in [0.2, 0.25) is 5.91 Å². The molecular weight excluding hydrogens is 220 g/mol. The summed E-state index contributed by atoms with van der Waals surface area (Å²) < 4.78 is 0. The second-order valence-electron chi connectivity index (χ2n) is 3.93. The number of amides is 1. The molecule has 2 rings (SSSR count). The second-order valence-corrected chi connectivity index (χ2v) is 5.24. The summed E-state index contributed by atoms with van der Waals surface area (Å²) in [7, 11) is 0. The first-order valence-electron chi connectivity index (χ1n) is 5.54. The third-order valence-corrected chi connectivity index (χ3v) is 4.07. The molecule has 0 spiro atoms. The average Bonchev–Trinajstić information content (AvgIpc) is 2.33. The number of thioether (sulfide) groups is 1. The monoisotopic (exact) mass is 236 g/mol. The van der Waals surface area contributed by atoms with E-state index in [0.29, 0.717) is 5.69 Å². The van der Waals surface area contributed by atoms with E-state index in [4.69, 9.17) is 5.73 Å². The molecule has 0 saturated carbocycles. The number of hydrogen-bond acceptors (Lipinski definition) is 3. The molecule has 1 saturated heterocycles. The van der Waals surface area contributed by atoms with Crippen LogP contribution in [0, 0.1) is 0 Å². The molecule has 3 N–H and O–H groups in total. The standard InChI is InChI=1S/C12H16N2OS/c13-9-5-1-2-6-10(9)14-12(15)11-7-3-4-8-16-11/h1-2,5-6,11H,3-4,7-8,13H2,(H,14,15). The molecule has 1 aliphatic rings. The van der Waals surface area contributed by atoms with Crippen LogP contribution in [0.5, 0.6) is 0 Å².